The Labute approximate surface area is 340 Å². The Bertz CT molecular complexity index is 3060. The lowest BCUT2D eigenvalue weighted by atomic mass is 9.74. The lowest BCUT2D eigenvalue weighted by Crippen LogP contribution is -2.22. The number of benzene rings is 8. The van der Waals surface area contributed by atoms with Gasteiger partial charge in [0.25, 0.3) is 0 Å². The summed E-state index contributed by atoms with van der Waals surface area (Å²) in [4.78, 5) is 2.46. The molecule has 2 heteroatoms. The predicted octanol–water partition coefficient (Wildman–Crippen LogP) is 15.0. The van der Waals surface area contributed by atoms with Gasteiger partial charge in [0, 0.05) is 49.6 Å². The van der Waals surface area contributed by atoms with Gasteiger partial charge in [0.05, 0.1) is 0 Å². The summed E-state index contributed by atoms with van der Waals surface area (Å²) in [6.45, 7) is 11.8. The van der Waals surface area contributed by atoms with E-state index in [2.05, 4.69) is 209 Å². The van der Waals surface area contributed by atoms with Gasteiger partial charge in [-0.25, -0.2) is 0 Å². The summed E-state index contributed by atoms with van der Waals surface area (Å²) in [5, 5.41) is 2.25. The molecule has 12 rings (SSSR count). The second-order valence-electron chi connectivity index (χ2n) is 17.8. The fourth-order valence-electron chi connectivity index (χ4n) is 11.2. The summed E-state index contributed by atoms with van der Waals surface area (Å²) >= 11 is 0. The average Bonchev–Trinajstić information content (AvgIpc) is 3.91. The second-order valence-corrected chi connectivity index (χ2v) is 17.8. The molecule has 8 aromatic carbocycles. The number of para-hydroxylation sites is 1. The van der Waals surface area contributed by atoms with E-state index in [9.17, 15) is 0 Å². The Morgan fingerprint density at radius 1 is 0.345 bits per heavy atom. The zero-order chi connectivity index (χ0) is 39.1. The van der Waals surface area contributed by atoms with E-state index in [1.807, 2.05) is 0 Å². The van der Waals surface area contributed by atoms with E-state index < -0.39 is 0 Å². The van der Waals surface area contributed by atoms with Gasteiger partial charge in [-0.05, 0) is 116 Å². The number of nitrogens with zero attached hydrogens (tertiary/aromatic N) is 1. The van der Waals surface area contributed by atoms with Gasteiger partial charge in [-0.2, -0.15) is 0 Å². The van der Waals surface area contributed by atoms with Gasteiger partial charge < -0.3 is 9.32 Å². The maximum Gasteiger partial charge on any atom is 0.139 e. The molecule has 0 spiro atoms. The monoisotopic (exact) mass is 745 g/mol. The Morgan fingerprint density at radius 2 is 0.759 bits per heavy atom. The molecule has 0 N–H and O–H groups in total. The number of anilines is 3. The van der Waals surface area contributed by atoms with E-state index in [1.165, 1.54) is 72.3 Å². The van der Waals surface area contributed by atoms with E-state index in [-0.39, 0.29) is 16.2 Å². The lowest BCUT2D eigenvalue weighted by molar-refractivity contribution is 0.638. The third kappa shape index (κ3) is 4.27. The van der Waals surface area contributed by atoms with Crippen molar-refractivity contribution < 1.29 is 4.42 Å². The second kappa shape index (κ2) is 11.5. The van der Waals surface area contributed by atoms with Crippen LogP contribution in [0, 0.1) is 0 Å². The molecule has 1 heterocycles. The number of furan rings is 1. The van der Waals surface area contributed by atoms with E-state index in [1.54, 1.807) is 0 Å². The van der Waals surface area contributed by atoms with E-state index in [0.29, 0.717) is 0 Å². The molecular formula is C56H43NO. The average molecular weight is 746 g/mol. The minimum Gasteiger partial charge on any atom is -0.456 e. The number of fused-ring (bicyclic) bond motifs is 12. The zero-order valence-electron chi connectivity index (χ0n) is 33.5. The largest absolute Gasteiger partial charge is 0.456 e. The first-order valence-electron chi connectivity index (χ1n) is 20.6. The van der Waals surface area contributed by atoms with Crippen LogP contribution in [0.25, 0.3) is 55.3 Å². The van der Waals surface area contributed by atoms with Crippen molar-refractivity contribution in [3.05, 3.63) is 209 Å². The van der Waals surface area contributed by atoms with Crippen LogP contribution in [-0.2, 0) is 16.2 Å². The molecular weight excluding hydrogens is 703 g/mol. The summed E-state index contributed by atoms with van der Waals surface area (Å²) in [7, 11) is 0. The SMILES string of the molecule is CC1(C)c2ccccc2-c2ccc(N(c3ccc4c(c3)C(C)(C)c3ccccc3-4)c3ccc4oc5c(C6(C)c7ccccc7-c7ccccc76)cccc5c4c3)cc21. The molecule has 0 unspecified atom stereocenters. The van der Waals surface area contributed by atoms with Crippen LogP contribution in [0.2, 0.25) is 0 Å². The Morgan fingerprint density at radius 3 is 1.29 bits per heavy atom. The van der Waals surface area contributed by atoms with Gasteiger partial charge in [0.2, 0.25) is 0 Å². The summed E-state index contributed by atoms with van der Waals surface area (Å²) in [6, 6.07) is 63.2. The topological polar surface area (TPSA) is 16.4 Å². The van der Waals surface area contributed by atoms with Crippen molar-refractivity contribution in [3.8, 4) is 33.4 Å². The first-order chi connectivity index (χ1) is 28.2. The quantitative estimate of drug-likeness (QED) is 0.178. The third-order valence-electron chi connectivity index (χ3n) is 14.1. The van der Waals surface area contributed by atoms with Gasteiger partial charge in [-0.15, -0.1) is 0 Å². The van der Waals surface area contributed by atoms with Crippen LogP contribution < -0.4 is 4.90 Å². The van der Waals surface area contributed by atoms with Gasteiger partial charge in [-0.3, -0.25) is 0 Å². The standard InChI is InChI=1S/C56H43NO/c1-54(2)45-20-10-6-15-37(45)41-28-25-35(32-50(41)54)57(36-26-29-42-38-16-7-11-21-46(38)55(3,4)51(42)33-36)34-27-30-52-44(31-34)43-19-14-24-49(53(43)58-52)56(5)47-22-12-8-17-39(47)40-18-9-13-23-48(40)56/h6-33H,1-5H3. The highest BCUT2D eigenvalue weighted by Crippen LogP contribution is 2.56. The molecule has 0 radical (unpaired) electrons. The number of hydrogen-bond acceptors (Lipinski definition) is 2. The highest BCUT2D eigenvalue weighted by atomic mass is 16.3. The molecule has 58 heavy (non-hydrogen) atoms. The first kappa shape index (κ1) is 33.5. The van der Waals surface area contributed by atoms with E-state index in [0.717, 1.165) is 39.0 Å². The molecule has 0 bridgehead atoms. The minimum absolute atomic E-state index is 0.121. The van der Waals surface area contributed by atoms with E-state index >= 15 is 0 Å². The highest BCUT2D eigenvalue weighted by Gasteiger charge is 2.43. The van der Waals surface area contributed by atoms with Crippen LogP contribution in [-0.4, -0.2) is 0 Å². The molecule has 1 aromatic heterocycles. The van der Waals surface area contributed by atoms with Crippen LogP contribution in [0.5, 0.6) is 0 Å². The molecule has 3 aliphatic carbocycles. The van der Waals surface area contributed by atoms with Crippen molar-refractivity contribution in [2.45, 2.75) is 50.9 Å². The van der Waals surface area contributed by atoms with Crippen LogP contribution >= 0.6 is 0 Å². The Hall–Kier alpha value is -6.64. The smallest absolute Gasteiger partial charge is 0.139 e. The van der Waals surface area contributed by atoms with Crippen molar-refractivity contribution in [2.24, 2.45) is 0 Å². The van der Waals surface area contributed by atoms with Gasteiger partial charge >= 0.3 is 0 Å². The molecule has 278 valence electrons. The fourth-order valence-corrected chi connectivity index (χ4v) is 11.2. The predicted molar refractivity (Wildman–Crippen MR) is 241 cm³/mol. The molecule has 0 saturated carbocycles. The minimum atomic E-state index is -0.362. The Balaban J connectivity index is 1.07. The number of hydrogen-bond donors (Lipinski definition) is 0. The highest BCUT2D eigenvalue weighted by molar-refractivity contribution is 6.08. The summed E-state index contributed by atoms with van der Waals surface area (Å²) in [6.07, 6.45) is 0. The van der Waals surface area contributed by atoms with Gasteiger partial charge in [-0.1, -0.05) is 155 Å². The van der Waals surface area contributed by atoms with Gasteiger partial charge in [0.1, 0.15) is 11.2 Å². The fraction of sp³-hybridized carbons (Fsp3) is 0.143. The molecule has 0 fully saturated rings. The molecule has 9 aromatic rings. The van der Waals surface area contributed by atoms with Crippen molar-refractivity contribution in [2.75, 3.05) is 4.90 Å². The van der Waals surface area contributed by atoms with Crippen molar-refractivity contribution in [1.82, 2.24) is 0 Å². The molecule has 0 saturated heterocycles. The van der Waals surface area contributed by atoms with Crippen molar-refractivity contribution >= 4 is 39.0 Å². The number of rotatable bonds is 4. The first-order valence-corrected chi connectivity index (χ1v) is 20.6. The molecule has 2 nitrogen and oxygen atoms in total. The van der Waals surface area contributed by atoms with Crippen LogP contribution in [0.15, 0.2) is 174 Å². The van der Waals surface area contributed by atoms with Crippen molar-refractivity contribution in [3.63, 3.8) is 0 Å². The summed E-state index contributed by atoms with van der Waals surface area (Å²) in [5.41, 5.74) is 21.9. The molecule has 0 amide bonds. The van der Waals surface area contributed by atoms with Crippen LogP contribution in [0.1, 0.15) is 73.6 Å². The van der Waals surface area contributed by atoms with Crippen LogP contribution in [0.3, 0.4) is 0 Å². The third-order valence-corrected chi connectivity index (χ3v) is 14.1. The lowest BCUT2D eigenvalue weighted by Gasteiger charge is -2.29. The molecule has 0 atom stereocenters. The van der Waals surface area contributed by atoms with Crippen molar-refractivity contribution in [1.29, 1.82) is 0 Å². The summed E-state index contributed by atoms with van der Waals surface area (Å²) in [5.74, 6) is 0. The Kier molecular flexibility index (Phi) is 6.63. The maximum atomic E-state index is 6.97. The molecule has 3 aliphatic rings. The van der Waals surface area contributed by atoms with Gasteiger partial charge in [0.15, 0.2) is 0 Å². The maximum absolute atomic E-state index is 6.97. The summed E-state index contributed by atoms with van der Waals surface area (Å²) < 4.78 is 6.97. The zero-order valence-corrected chi connectivity index (χ0v) is 33.5. The van der Waals surface area contributed by atoms with E-state index in [4.69, 9.17) is 4.42 Å². The normalized spacial score (nSPS) is 15.7. The van der Waals surface area contributed by atoms with Crippen LogP contribution in [0.4, 0.5) is 17.1 Å². The molecule has 0 aliphatic heterocycles.